The van der Waals surface area contributed by atoms with Crippen molar-refractivity contribution < 1.29 is 18.4 Å². The first kappa shape index (κ1) is 24.4. The zero-order valence-corrected chi connectivity index (χ0v) is 20.3. The number of hydrogen-bond acceptors (Lipinski definition) is 5. The molecule has 182 valence electrons. The standard InChI is InChI=1S/C25H25ClFN5O3/c1-4-25(2,3)28-24(34)23(21-10-7-13-35-21)32(16-11-12-18(27)17(26)14-16)22(33)15-31-20-9-6-5-8-19(20)29-30-31/h5-14,23H,4,15H2,1-3H3,(H,28,34). The maximum Gasteiger partial charge on any atom is 0.251 e. The van der Waals surface area contributed by atoms with Crippen molar-refractivity contribution in [1.82, 2.24) is 20.3 Å². The molecule has 0 saturated heterocycles. The van der Waals surface area contributed by atoms with Gasteiger partial charge in [-0.15, -0.1) is 5.10 Å². The van der Waals surface area contributed by atoms with Crippen LogP contribution in [-0.2, 0) is 16.1 Å². The zero-order chi connectivity index (χ0) is 25.2. The SMILES string of the molecule is CCC(C)(C)NC(=O)C(c1ccco1)N(C(=O)Cn1nnc2ccccc21)c1ccc(F)c(Cl)c1. The van der Waals surface area contributed by atoms with Crippen LogP contribution in [-0.4, -0.2) is 32.3 Å². The Hall–Kier alpha value is -3.72. The summed E-state index contributed by atoms with van der Waals surface area (Å²) < 4.78 is 21.0. The Morgan fingerprint density at radius 2 is 1.97 bits per heavy atom. The highest BCUT2D eigenvalue weighted by Gasteiger charge is 2.37. The smallest absolute Gasteiger partial charge is 0.251 e. The average Bonchev–Trinajstić information content (AvgIpc) is 3.49. The van der Waals surface area contributed by atoms with Crippen LogP contribution in [0.25, 0.3) is 11.0 Å². The summed E-state index contributed by atoms with van der Waals surface area (Å²) in [7, 11) is 0. The number of amides is 2. The van der Waals surface area contributed by atoms with Crippen LogP contribution in [0.2, 0.25) is 5.02 Å². The molecule has 10 heteroatoms. The predicted molar refractivity (Wildman–Crippen MR) is 130 cm³/mol. The third-order valence-electron chi connectivity index (χ3n) is 5.82. The highest BCUT2D eigenvalue weighted by Crippen LogP contribution is 2.32. The van der Waals surface area contributed by atoms with Gasteiger partial charge in [-0.1, -0.05) is 35.9 Å². The van der Waals surface area contributed by atoms with Crippen LogP contribution >= 0.6 is 11.6 Å². The lowest BCUT2D eigenvalue weighted by atomic mass is 10.0. The molecule has 35 heavy (non-hydrogen) atoms. The summed E-state index contributed by atoms with van der Waals surface area (Å²) in [5.41, 5.74) is 0.974. The van der Waals surface area contributed by atoms with Crippen molar-refractivity contribution in [2.75, 3.05) is 4.90 Å². The molecule has 2 aromatic heterocycles. The summed E-state index contributed by atoms with van der Waals surface area (Å²) in [5.74, 6) is -1.35. The fourth-order valence-corrected chi connectivity index (χ4v) is 3.80. The van der Waals surface area contributed by atoms with Gasteiger partial charge in [0, 0.05) is 11.2 Å². The first-order chi connectivity index (χ1) is 16.7. The molecule has 8 nitrogen and oxygen atoms in total. The summed E-state index contributed by atoms with van der Waals surface area (Å²) in [5, 5.41) is 11.0. The van der Waals surface area contributed by atoms with Gasteiger partial charge in [-0.2, -0.15) is 0 Å². The van der Waals surface area contributed by atoms with Gasteiger partial charge >= 0.3 is 0 Å². The number of benzene rings is 2. The van der Waals surface area contributed by atoms with Crippen molar-refractivity contribution in [3.05, 3.63) is 77.5 Å². The Labute approximate surface area is 206 Å². The number of anilines is 1. The Morgan fingerprint density at radius 3 is 2.66 bits per heavy atom. The summed E-state index contributed by atoms with van der Waals surface area (Å²) >= 11 is 6.06. The maximum absolute atomic E-state index is 14.0. The molecule has 0 radical (unpaired) electrons. The topological polar surface area (TPSA) is 93.3 Å². The molecule has 1 unspecified atom stereocenters. The number of furan rings is 1. The van der Waals surface area contributed by atoms with Crippen LogP contribution in [0.3, 0.4) is 0 Å². The van der Waals surface area contributed by atoms with Crippen molar-refractivity contribution in [2.24, 2.45) is 0 Å². The molecule has 0 saturated carbocycles. The number of hydrogen-bond donors (Lipinski definition) is 1. The van der Waals surface area contributed by atoms with E-state index >= 15 is 0 Å². The van der Waals surface area contributed by atoms with Crippen molar-refractivity contribution in [1.29, 1.82) is 0 Å². The summed E-state index contributed by atoms with van der Waals surface area (Å²) in [6.45, 7) is 5.48. The lowest BCUT2D eigenvalue weighted by Crippen LogP contribution is -2.51. The van der Waals surface area contributed by atoms with E-state index in [9.17, 15) is 14.0 Å². The molecule has 4 rings (SSSR count). The third-order valence-corrected chi connectivity index (χ3v) is 6.11. The average molecular weight is 498 g/mol. The summed E-state index contributed by atoms with van der Waals surface area (Å²) in [6, 6.07) is 13.1. The minimum Gasteiger partial charge on any atom is -0.467 e. The molecule has 0 bridgehead atoms. The zero-order valence-electron chi connectivity index (χ0n) is 19.5. The summed E-state index contributed by atoms with van der Waals surface area (Å²) in [6.07, 6.45) is 2.08. The van der Waals surface area contributed by atoms with E-state index in [0.29, 0.717) is 17.5 Å². The van der Waals surface area contributed by atoms with Crippen LogP contribution in [0.5, 0.6) is 0 Å². The molecule has 2 heterocycles. The first-order valence-electron chi connectivity index (χ1n) is 11.1. The van der Waals surface area contributed by atoms with Gasteiger partial charge in [0.25, 0.3) is 5.91 Å². The predicted octanol–water partition coefficient (Wildman–Crippen LogP) is 4.90. The van der Waals surface area contributed by atoms with Gasteiger partial charge in [0.15, 0.2) is 6.04 Å². The number of fused-ring (bicyclic) bond motifs is 1. The normalized spacial score (nSPS) is 12.5. The fourth-order valence-electron chi connectivity index (χ4n) is 3.62. The van der Waals surface area contributed by atoms with Crippen LogP contribution in [0, 0.1) is 5.82 Å². The van der Waals surface area contributed by atoms with E-state index in [1.54, 1.807) is 24.3 Å². The number of carbonyl (C=O) groups excluding carboxylic acids is 2. The minimum atomic E-state index is -1.18. The summed E-state index contributed by atoms with van der Waals surface area (Å²) in [4.78, 5) is 28.7. The second kappa shape index (κ2) is 9.87. The number of aromatic nitrogens is 3. The maximum atomic E-state index is 14.0. The molecule has 4 aromatic rings. The molecule has 0 fully saturated rings. The number of halogens is 2. The lowest BCUT2D eigenvalue weighted by molar-refractivity contribution is -0.128. The fraction of sp³-hybridized carbons (Fsp3) is 0.280. The van der Waals surface area contributed by atoms with Gasteiger partial charge in [0.1, 0.15) is 23.6 Å². The molecule has 0 aliphatic carbocycles. The van der Waals surface area contributed by atoms with E-state index in [1.807, 2.05) is 32.9 Å². The molecule has 2 aromatic carbocycles. The second-order valence-electron chi connectivity index (χ2n) is 8.74. The van der Waals surface area contributed by atoms with Crippen molar-refractivity contribution in [2.45, 2.75) is 45.3 Å². The molecule has 0 aliphatic rings. The van der Waals surface area contributed by atoms with Crippen LogP contribution in [0.1, 0.15) is 39.0 Å². The first-order valence-corrected chi connectivity index (χ1v) is 11.5. The van der Waals surface area contributed by atoms with Gasteiger partial charge in [0.05, 0.1) is 16.8 Å². The number of rotatable bonds is 8. The highest BCUT2D eigenvalue weighted by molar-refractivity contribution is 6.31. The van der Waals surface area contributed by atoms with Gasteiger partial charge < -0.3 is 9.73 Å². The van der Waals surface area contributed by atoms with E-state index in [2.05, 4.69) is 15.6 Å². The van der Waals surface area contributed by atoms with Gasteiger partial charge in [0.2, 0.25) is 5.91 Å². The van der Waals surface area contributed by atoms with Gasteiger partial charge in [-0.25, -0.2) is 9.07 Å². The second-order valence-corrected chi connectivity index (χ2v) is 9.15. The third kappa shape index (κ3) is 5.19. The van der Waals surface area contributed by atoms with E-state index in [4.69, 9.17) is 16.0 Å². The Balaban J connectivity index is 1.80. The number of para-hydroxylation sites is 1. The van der Waals surface area contributed by atoms with Crippen molar-refractivity contribution in [3.8, 4) is 0 Å². The minimum absolute atomic E-state index is 0.181. The Morgan fingerprint density at radius 1 is 1.20 bits per heavy atom. The Bertz CT molecular complexity index is 1350. The van der Waals surface area contributed by atoms with Crippen LogP contribution in [0.15, 0.2) is 65.3 Å². The lowest BCUT2D eigenvalue weighted by Gasteiger charge is -2.33. The molecular formula is C25H25ClFN5O3. The number of nitrogens with one attached hydrogen (secondary N) is 1. The van der Waals surface area contributed by atoms with E-state index in [-0.39, 0.29) is 23.0 Å². The highest BCUT2D eigenvalue weighted by atomic mass is 35.5. The van der Waals surface area contributed by atoms with Crippen molar-refractivity contribution in [3.63, 3.8) is 0 Å². The van der Waals surface area contributed by atoms with E-state index in [1.165, 1.54) is 28.0 Å². The molecule has 0 spiro atoms. The molecule has 1 N–H and O–H groups in total. The van der Waals surface area contributed by atoms with Gasteiger partial charge in [-0.3, -0.25) is 14.5 Å². The van der Waals surface area contributed by atoms with Crippen molar-refractivity contribution >= 4 is 40.1 Å². The Kier molecular flexibility index (Phi) is 6.88. The monoisotopic (exact) mass is 497 g/mol. The number of carbonyl (C=O) groups is 2. The molecule has 0 aliphatic heterocycles. The largest absolute Gasteiger partial charge is 0.467 e. The van der Waals surface area contributed by atoms with E-state index < -0.39 is 29.2 Å². The van der Waals surface area contributed by atoms with Gasteiger partial charge in [-0.05, 0) is 62.7 Å². The number of nitrogens with zero attached hydrogens (tertiary/aromatic N) is 4. The molecule has 2 amide bonds. The molecule has 1 atom stereocenters. The molecular weight excluding hydrogens is 473 g/mol. The quantitative estimate of drug-likeness (QED) is 0.374. The van der Waals surface area contributed by atoms with Crippen LogP contribution < -0.4 is 10.2 Å². The van der Waals surface area contributed by atoms with Crippen LogP contribution in [0.4, 0.5) is 10.1 Å². The van der Waals surface area contributed by atoms with E-state index in [0.717, 1.165) is 6.07 Å².